The van der Waals surface area contributed by atoms with Crippen LogP contribution in [-0.2, 0) is 16.6 Å². The van der Waals surface area contributed by atoms with Gasteiger partial charge < -0.3 is 15.0 Å². The van der Waals surface area contributed by atoms with E-state index in [1.54, 1.807) is 35.2 Å². The third-order valence-electron chi connectivity index (χ3n) is 4.34. The van der Waals surface area contributed by atoms with Gasteiger partial charge in [0, 0.05) is 37.7 Å². The molecule has 0 saturated carbocycles. The lowest BCUT2D eigenvalue weighted by Gasteiger charge is -2.26. The molecule has 0 radical (unpaired) electrons. The molecule has 1 aliphatic heterocycles. The average molecular weight is 439 g/mol. The number of nitrogens with zero attached hydrogens (tertiary/aromatic N) is 1. The van der Waals surface area contributed by atoms with Crippen molar-refractivity contribution in [1.82, 2.24) is 20.5 Å². The predicted molar refractivity (Wildman–Crippen MR) is 110 cm³/mol. The zero-order valence-electron chi connectivity index (χ0n) is 15.9. The summed E-state index contributed by atoms with van der Waals surface area (Å²) in [6, 6.07) is 11.4. The summed E-state index contributed by atoms with van der Waals surface area (Å²) in [6.45, 7) is 4.64. The number of amides is 1. The maximum atomic E-state index is 12.3. The Morgan fingerprint density at radius 3 is 2.55 bits per heavy atom. The molecule has 3 N–H and O–H groups in total. The van der Waals surface area contributed by atoms with Gasteiger partial charge in [0.1, 0.15) is 5.75 Å². The van der Waals surface area contributed by atoms with Crippen LogP contribution < -0.4 is 20.3 Å². The van der Waals surface area contributed by atoms with Gasteiger partial charge in [0.25, 0.3) is 10.0 Å². The summed E-state index contributed by atoms with van der Waals surface area (Å²) in [4.78, 5) is 16.3. The maximum absolute atomic E-state index is 12.3. The topological polar surface area (TPSA) is 99.8 Å². The number of benzene rings is 2. The summed E-state index contributed by atoms with van der Waals surface area (Å²) in [5.74, 6) is 0.305. The number of nitrogens with one attached hydrogen (secondary N) is 3. The van der Waals surface area contributed by atoms with Gasteiger partial charge in [-0.25, -0.2) is 18.6 Å². The number of aryl methyl sites for hydroxylation is 1. The molecule has 156 valence electrons. The number of sulfonamides is 1. The summed E-state index contributed by atoms with van der Waals surface area (Å²) >= 11 is 6.12. The van der Waals surface area contributed by atoms with E-state index in [-0.39, 0.29) is 11.4 Å². The van der Waals surface area contributed by atoms with Crippen molar-refractivity contribution < 1.29 is 17.9 Å². The number of halogens is 1. The van der Waals surface area contributed by atoms with Crippen molar-refractivity contribution in [2.24, 2.45) is 0 Å². The number of hydrazine groups is 1. The Bertz CT molecular complexity index is 961. The number of hydrogen-bond acceptors (Lipinski definition) is 6. The van der Waals surface area contributed by atoms with Crippen LogP contribution in [-0.4, -0.2) is 45.6 Å². The van der Waals surface area contributed by atoms with Crippen LogP contribution in [0, 0.1) is 6.92 Å². The third kappa shape index (κ3) is 6.15. The Morgan fingerprint density at radius 2 is 1.86 bits per heavy atom. The highest BCUT2D eigenvalue weighted by Crippen LogP contribution is 2.22. The van der Waals surface area contributed by atoms with Crippen molar-refractivity contribution in [2.75, 3.05) is 26.2 Å². The molecule has 2 aromatic carbocycles. The zero-order chi connectivity index (χ0) is 20.9. The number of carbonyl (C=O) groups is 1. The highest BCUT2D eigenvalue weighted by Gasteiger charge is 2.18. The largest absolute Gasteiger partial charge is 0.415 e. The first-order valence-corrected chi connectivity index (χ1v) is 11.0. The fourth-order valence-electron chi connectivity index (χ4n) is 2.80. The van der Waals surface area contributed by atoms with E-state index < -0.39 is 16.1 Å². The molecule has 0 spiro atoms. The molecule has 0 unspecified atom stereocenters. The highest BCUT2D eigenvalue weighted by atomic mass is 35.5. The Hall–Kier alpha value is -2.17. The van der Waals surface area contributed by atoms with Gasteiger partial charge in [0.05, 0.1) is 4.90 Å². The summed E-state index contributed by atoms with van der Waals surface area (Å²) in [5, 5.41) is 3.55. The van der Waals surface area contributed by atoms with Gasteiger partial charge in [-0.05, 0) is 42.8 Å². The molecule has 3 rings (SSSR count). The van der Waals surface area contributed by atoms with Gasteiger partial charge in [0.2, 0.25) is 0 Å². The van der Waals surface area contributed by atoms with Crippen LogP contribution in [0.4, 0.5) is 4.79 Å². The minimum atomic E-state index is -3.69. The van der Waals surface area contributed by atoms with Crippen molar-refractivity contribution in [2.45, 2.75) is 18.4 Å². The van der Waals surface area contributed by atoms with Crippen LogP contribution in [0.3, 0.4) is 0 Å². The molecule has 1 amide bonds. The molecule has 29 heavy (non-hydrogen) atoms. The summed E-state index contributed by atoms with van der Waals surface area (Å²) in [5.41, 5.74) is 4.30. The van der Waals surface area contributed by atoms with Crippen LogP contribution in [0.5, 0.6) is 5.75 Å². The standard InChI is InChI=1S/C19H23ClN4O4S/c1-14-2-4-18(5-3-14)29(26,27)23-22-13-15-10-16(20)12-17(11-15)28-19(25)24-8-6-21-7-9-24/h2-5,10-12,21-23H,6-9,13H2,1H3. The van der Waals surface area contributed by atoms with E-state index in [4.69, 9.17) is 16.3 Å². The molecular formula is C19H23ClN4O4S. The molecule has 0 bridgehead atoms. The van der Waals surface area contributed by atoms with Crippen molar-refractivity contribution in [3.05, 3.63) is 58.6 Å². The number of piperazine rings is 1. The van der Waals surface area contributed by atoms with Crippen LogP contribution in [0.15, 0.2) is 47.4 Å². The van der Waals surface area contributed by atoms with E-state index in [9.17, 15) is 13.2 Å². The van der Waals surface area contributed by atoms with Gasteiger partial charge in [-0.3, -0.25) is 0 Å². The molecule has 1 heterocycles. The molecule has 1 fully saturated rings. The average Bonchev–Trinajstić information content (AvgIpc) is 2.68. The molecule has 1 aliphatic rings. The monoisotopic (exact) mass is 438 g/mol. The molecule has 2 aromatic rings. The predicted octanol–water partition coefficient (Wildman–Crippen LogP) is 2.04. The Labute approximate surface area is 175 Å². The van der Waals surface area contributed by atoms with Gasteiger partial charge in [-0.15, -0.1) is 4.83 Å². The van der Waals surface area contributed by atoms with Crippen LogP contribution in [0.25, 0.3) is 0 Å². The number of ether oxygens (including phenoxy) is 1. The first-order valence-electron chi connectivity index (χ1n) is 9.12. The molecule has 0 aromatic heterocycles. The van der Waals surface area contributed by atoms with Crippen molar-refractivity contribution >= 4 is 27.7 Å². The van der Waals surface area contributed by atoms with Crippen LogP contribution in [0.2, 0.25) is 5.02 Å². The SMILES string of the molecule is Cc1ccc(S(=O)(=O)NNCc2cc(Cl)cc(OC(=O)N3CCNCC3)c2)cc1. The normalized spacial score (nSPS) is 14.6. The van der Waals surface area contributed by atoms with E-state index in [2.05, 4.69) is 15.6 Å². The fourth-order valence-corrected chi connectivity index (χ4v) is 3.93. The van der Waals surface area contributed by atoms with E-state index >= 15 is 0 Å². The van der Waals surface area contributed by atoms with Crippen molar-refractivity contribution in [1.29, 1.82) is 0 Å². The minimum Gasteiger partial charge on any atom is -0.410 e. The lowest BCUT2D eigenvalue weighted by Crippen LogP contribution is -2.47. The fraction of sp³-hybridized carbons (Fsp3) is 0.316. The number of carbonyl (C=O) groups excluding carboxylic acids is 1. The molecular weight excluding hydrogens is 416 g/mol. The lowest BCUT2D eigenvalue weighted by molar-refractivity contribution is 0.146. The molecule has 0 atom stereocenters. The smallest absolute Gasteiger partial charge is 0.410 e. The zero-order valence-corrected chi connectivity index (χ0v) is 17.5. The van der Waals surface area contributed by atoms with E-state index in [1.807, 2.05) is 6.92 Å². The Balaban J connectivity index is 1.59. The summed E-state index contributed by atoms with van der Waals surface area (Å²) in [6.07, 6.45) is -0.437. The molecule has 0 aliphatic carbocycles. The van der Waals surface area contributed by atoms with E-state index in [0.29, 0.717) is 29.4 Å². The lowest BCUT2D eigenvalue weighted by atomic mass is 10.2. The van der Waals surface area contributed by atoms with Crippen molar-refractivity contribution in [3.8, 4) is 5.75 Å². The van der Waals surface area contributed by atoms with Gasteiger partial charge >= 0.3 is 6.09 Å². The molecule has 8 nitrogen and oxygen atoms in total. The van der Waals surface area contributed by atoms with E-state index in [1.165, 1.54) is 12.1 Å². The minimum absolute atomic E-state index is 0.157. The Morgan fingerprint density at radius 1 is 1.17 bits per heavy atom. The second-order valence-corrected chi connectivity index (χ2v) is 8.79. The van der Waals surface area contributed by atoms with Crippen LogP contribution in [0.1, 0.15) is 11.1 Å². The Kier molecular flexibility index (Phi) is 7.09. The first kappa shape index (κ1) is 21.5. The first-order chi connectivity index (χ1) is 13.8. The van der Waals surface area contributed by atoms with E-state index in [0.717, 1.165) is 18.7 Å². The maximum Gasteiger partial charge on any atom is 0.415 e. The summed E-state index contributed by atoms with van der Waals surface area (Å²) in [7, 11) is -3.69. The number of rotatable bonds is 6. The van der Waals surface area contributed by atoms with Gasteiger partial charge in [0.15, 0.2) is 0 Å². The molecule has 10 heteroatoms. The second-order valence-electron chi connectivity index (χ2n) is 6.67. The summed E-state index contributed by atoms with van der Waals surface area (Å²) < 4.78 is 30.0. The third-order valence-corrected chi connectivity index (χ3v) is 5.87. The van der Waals surface area contributed by atoms with Crippen LogP contribution >= 0.6 is 11.6 Å². The van der Waals surface area contributed by atoms with Gasteiger partial charge in [-0.2, -0.15) is 0 Å². The molecule has 1 saturated heterocycles. The highest BCUT2D eigenvalue weighted by molar-refractivity contribution is 7.89. The number of hydrogen-bond donors (Lipinski definition) is 3. The van der Waals surface area contributed by atoms with Crippen molar-refractivity contribution in [3.63, 3.8) is 0 Å². The van der Waals surface area contributed by atoms with Gasteiger partial charge in [-0.1, -0.05) is 29.3 Å². The quantitative estimate of drug-likeness (QED) is 0.597. The second kappa shape index (κ2) is 9.55.